The highest BCUT2D eigenvalue weighted by Gasteiger charge is 2.24. The number of thiazole rings is 1. The average molecular weight is 488 g/mol. The van der Waals surface area contributed by atoms with Crippen molar-refractivity contribution in [3.05, 3.63) is 80.0 Å². The molecule has 0 aliphatic rings. The zero-order valence-corrected chi connectivity index (χ0v) is 19.4. The predicted octanol–water partition coefficient (Wildman–Crippen LogP) is 5.54. The first-order valence-corrected chi connectivity index (χ1v) is 11.5. The van der Waals surface area contributed by atoms with E-state index >= 15 is 0 Å². The van der Waals surface area contributed by atoms with Gasteiger partial charge in [0, 0.05) is 16.6 Å². The molecule has 2 aromatic carbocycles. The van der Waals surface area contributed by atoms with Crippen LogP contribution in [0.5, 0.6) is 0 Å². The van der Waals surface area contributed by atoms with E-state index in [0.29, 0.717) is 39.3 Å². The number of halogens is 2. The number of hydrogen-bond donors (Lipinski definition) is 1. The second kappa shape index (κ2) is 7.94. The van der Waals surface area contributed by atoms with Gasteiger partial charge in [-0.2, -0.15) is 12.6 Å². The fraction of sp³-hybridized carbons (Fsp3) is 0.143. The molecule has 0 radical (unpaired) electrons. The number of hydrogen-bond acceptors (Lipinski definition) is 6. The largest absolute Gasteiger partial charge is 0.315 e. The third-order valence-corrected chi connectivity index (χ3v) is 7.17. The lowest BCUT2D eigenvalue weighted by Gasteiger charge is -2.16. The fourth-order valence-corrected chi connectivity index (χ4v) is 5.03. The van der Waals surface area contributed by atoms with Crippen molar-refractivity contribution in [2.45, 2.75) is 18.7 Å². The summed E-state index contributed by atoms with van der Waals surface area (Å²) in [5.41, 5.74) is 1.98. The van der Waals surface area contributed by atoms with Crippen LogP contribution in [0.1, 0.15) is 23.0 Å². The summed E-state index contributed by atoms with van der Waals surface area (Å²) in [5, 5.41) is 1.37. The number of aromatic nitrogens is 5. The van der Waals surface area contributed by atoms with Gasteiger partial charge in [-0.3, -0.25) is 9.36 Å². The molecule has 1 atom stereocenters. The molecule has 3 aromatic heterocycles. The quantitative estimate of drug-likeness (QED) is 0.338. The van der Waals surface area contributed by atoms with Crippen molar-refractivity contribution < 1.29 is 0 Å². The molecule has 0 spiro atoms. The predicted molar refractivity (Wildman–Crippen MR) is 129 cm³/mol. The first-order valence-electron chi connectivity index (χ1n) is 9.44. The van der Waals surface area contributed by atoms with E-state index in [9.17, 15) is 4.79 Å². The molecule has 31 heavy (non-hydrogen) atoms. The second-order valence-corrected chi connectivity index (χ2v) is 9.31. The van der Waals surface area contributed by atoms with Crippen molar-refractivity contribution >= 4 is 68.5 Å². The van der Waals surface area contributed by atoms with Crippen LogP contribution in [0.4, 0.5) is 0 Å². The molecule has 6 nitrogen and oxygen atoms in total. The third-order valence-electron chi connectivity index (χ3n) is 4.94. The van der Waals surface area contributed by atoms with Crippen LogP contribution in [-0.2, 0) is 6.54 Å². The Kier molecular flexibility index (Phi) is 5.26. The van der Waals surface area contributed by atoms with Crippen LogP contribution in [0.25, 0.3) is 27.1 Å². The van der Waals surface area contributed by atoms with Crippen molar-refractivity contribution in [1.29, 1.82) is 0 Å². The minimum atomic E-state index is -0.538. The number of rotatable bonds is 4. The number of thiol groups is 1. The zero-order chi connectivity index (χ0) is 21.7. The van der Waals surface area contributed by atoms with Gasteiger partial charge in [0.25, 0.3) is 5.56 Å². The molecule has 1 unspecified atom stereocenters. The second-order valence-electron chi connectivity index (χ2n) is 6.86. The van der Waals surface area contributed by atoms with Crippen molar-refractivity contribution in [2.24, 2.45) is 0 Å². The fourth-order valence-electron chi connectivity index (χ4n) is 3.41. The molecule has 0 N–H and O–H groups in total. The molecular weight excluding hydrogens is 473 g/mol. The molecule has 5 rings (SSSR count). The minimum Gasteiger partial charge on any atom is -0.315 e. The van der Waals surface area contributed by atoms with E-state index < -0.39 is 5.25 Å². The molecule has 0 amide bonds. The Labute approximate surface area is 196 Å². The van der Waals surface area contributed by atoms with Gasteiger partial charge in [-0.05, 0) is 49.4 Å². The summed E-state index contributed by atoms with van der Waals surface area (Å²) in [7, 11) is 0. The van der Waals surface area contributed by atoms with Gasteiger partial charge in [0.1, 0.15) is 16.1 Å². The van der Waals surface area contributed by atoms with E-state index in [1.165, 1.54) is 15.9 Å². The van der Waals surface area contributed by atoms with Crippen LogP contribution in [0.15, 0.2) is 53.6 Å². The number of benzene rings is 2. The van der Waals surface area contributed by atoms with Crippen LogP contribution in [-0.4, -0.2) is 24.1 Å². The van der Waals surface area contributed by atoms with Gasteiger partial charge in [0.05, 0.1) is 22.2 Å². The van der Waals surface area contributed by atoms with E-state index in [0.717, 1.165) is 15.2 Å². The Morgan fingerprint density at radius 1 is 1.10 bits per heavy atom. The molecule has 5 aromatic rings. The van der Waals surface area contributed by atoms with E-state index in [1.807, 2.05) is 29.7 Å². The maximum Gasteiger partial charge on any atom is 0.286 e. The van der Waals surface area contributed by atoms with Crippen LogP contribution in [0.2, 0.25) is 10.0 Å². The highest BCUT2D eigenvalue weighted by atomic mass is 35.5. The molecule has 10 heteroatoms. The number of aryl methyl sites for hydroxylation is 1. The maximum absolute atomic E-state index is 13.5. The van der Waals surface area contributed by atoms with Crippen molar-refractivity contribution in [3.8, 4) is 5.69 Å². The summed E-state index contributed by atoms with van der Waals surface area (Å²) in [6.07, 6.45) is 1.63. The molecule has 0 saturated heterocycles. The smallest absolute Gasteiger partial charge is 0.286 e. The minimum absolute atomic E-state index is 0.266. The molecule has 0 aliphatic carbocycles. The molecular formula is C21H15Cl2N5OS2. The van der Waals surface area contributed by atoms with Crippen LogP contribution in [0, 0.1) is 0 Å². The maximum atomic E-state index is 13.5. The van der Waals surface area contributed by atoms with Gasteiger partial charge in [-0.25, -0.2) is 15.0 Å². The van der Waals surface area contributed by atoms with E-state index in [2.05, 4.69) is 4.98 Å². The van der Waals surface area contributed by atoms with Gasteiger partial charge in [0.15, 0.2) is 11.2 Å². The normalized spacial score (nSPS) is 12.6. The monoisotopic (exact) mass is 487 g/mol. The first kappa shape index (κ1) is 20.5. The van der Waals surface area contributed by atoms with Crippen LogP contribution in [0.3, 0.4) is 0 Å². The Hall–Kier alpha value is -2.39. The van der Waals surface area contributed by atoms with Gasteiger partial charge in [-0.15, -0.1) is 11.3 Å². The Morgan fingerprint density at radius 3 is 2.58 bits per heavy atom. The van der Waals surface area contributed by atoms with E-state index in [1.54, 1.807) is 30.6 Å². The lowest BCUT2D eigenvalue weighted by atomic mass is 10.2. The molecule has 0 bridgehead atoms. The Balaban J connectivity index is 1.77. The number of imidazole rings is 1. The lowest BCUT2D eigenvalue weighted by molar-refractivity contribution is 0.764. The van der Waals surface area contributed by atoms with Gasteiger partial charge < -0.3 is 4.57 Å². The summed E-state index contributed by atoms with van der Waals surface area (Å²) in [6.45, 7) is 2.62. The number of nitrogens with zero attached hydrogens (tertiary/aromatic N) is 5. The summed E-state index contributed by atoms with van der Waals surface area (Å²) in [6, 6.07) is 12.6. The van der Waals surface area contributed by atoms with Gasteiger partial charge in [-0.1, -0.05) is 23.2 Å². The highest BCUT2D eigenvalue weighted by molar-refractivity contribution is 7.81. The standard InChI is InChI=1S/C21H15Cl2N5OS2/c1-2-27-10-24-16-18(27)26-19(28(21(16)29)13-6-3-11(22)4-7-13)17(30)20-25-14-9-12(23)5-8-15(14)31-20/h3-10,17,30H,2H2,1H3. The topological polar surface area (TPSA) is 65.6 Å². The summed E-state index contributed by atoms with van der Waals surface area (Å²) in [5.74, 6) is 0.462. The Morgan fingerprint density at radius 2 is 1.84 bits per heavy atom. The van der Waals surface area contributed by atoms with Crippen molar-refractivity contribution in [1.82, 2.24) is 24.1 Å². The lowest BCUT2D eigenvalue weighted by Crippen LogP contribution is -2.25. The highest BCUT2D eigenvalue weighted by Crippen LogP contribution is 2.35. The molecule has 0 fully saturated rings. The van der Waals surface area contributed by atoms with Gasteiger partial charge >= 0.3 is 0 Å². The molecule has 3 heterocycles. The Bertz CT molecular complexity index is 1490. The molecule has 0 saturated carbocycles. The SMILES string of the molecule is CCn1cnc2c(=O)n(-c3ccc(Cl)cc3)c(C(S)c3nc4cc(Cl)ccc4s3)nc21. The summed E-state index contributed by atoms with van der Waals surface area (Å²) < 4.78 is 4.35. The molecule has 156 valence electrons. The summed E-state index contributed by atoms with van der Waals surface area (Å²) >= 11 is 18.5. The number of fused-ring (bicyclic) bond motifs is 2. The first-order chi connectivity index (χ1) is 15.0. The van der Waals surface area contributed by atoms with E-state index in [4.69, 9.17) is 45.8 Å². The van der Waals surface area contributed by atoms with E-state index in [-0.39, 0.29) is 5.56 Å². The molecule has 0 aliphatic heterocycles. The van der Waals surface area contributed by atoms with Gasteiger partial charge in [0.2, 0.25) is 0 Å². The third kappa shape index (κ3) is 3.53. The summed E-state index contributed by atoms with van der Waals surface area (Å²) in [4.78, 5) is 27.3. The van der Waals surface area contributed by atoms with Crippen LogP contribution >= 0.6 is 47.2 Å². The van der Waals surface area contributed by atoms with Crippen molar-refractivity contribution in [3.63, 3.8) is 0 Å². The zero-order valence-electron chi connectivity index (χ0n) is 16.2. The van der Waals surface area contributed by atoms with Crippen molar-refractivity contribution in [2.75, 3.05) is 0 Å². The van der Waals surface area contributed by atoms with Crippen LogP contribution < -0.4 is 5.56 Å². The average Bonchev–Trinajstić information content (AvgIpc) is 3.37.